The molecule has 0 saturated heterocycles. The van der Waals surface area contributed by atoms with Gasteiger partial charge >= 0.3 is 0 Å². The Morgan fingerprint density at radius 2 is 2.07 bits per heavy atom. The first-order valence-electron chi connectivity index (χ1n) is 9.18. The lowest BCUT2D eigenvalue weighted by molar-refractivity contribution is -0.116. The zero-order valence-electron chi connectivity index (χ0n) is 15.2. The van der Waals surface area contributed by atoms with E-state index in [1.807, 2.05) is 0 Å². The van der Waals surface area contributed by atoms with Gasteiger partial charge in [0.05, 0.1) is 5.69 Å². The molecule has 0 spiro atoms. The fourth-order valence-corrected chi connectivity index (χ4v) is 3.60. The van der Waals surface area contributed by atoms with Gasteiger partial charge in [-0.2, -0.15) is 5.10 Å². The number of amides is 1. The monoisotopic (exact) mass is 368 g/mol. The van der Waals surface area contributed by atoms with Gasteiger partial charge in [-0.15, -0.1) is 0 Å². The van der Waals surface area contributed by atoms with Gasteiger partial charge in [-0.05, 0) is 56.4 Å². The molecule has 0 bridgehead atoms. The fourth-order valence-electron chi connectivity index (χ4n) is 3.60. The van der Waals surface area contributed by atoms with Crippen molar-refractivity contribution in [2.24, 2.45) is 0 Å². The smallest absolute Gasteiger partial charge is 0.276 e. The van der Waals surface area contributed by atoms with Gasteiger partial charge in [0.2, 0.25) is 5.91 Å². The van der Waals surface area contributed by atoms with Gasteiger partial charge in [-0.25, -0.2) is 8.91 Å². The lowest BCUT2D eigenvalue weighted by Crippen LogP contribution is -2.24. The number of carbonyl (C=O) groups is 1. The molecule has 0 saturated carbocycles. The molecule has 0 unspecified atom stereocenters. The average molecular weight is 368 g/mol. The van der Waals surface area contributed by atoms with E-state index in [0.717, 1.165) is 36.9 Å². The second kappa shape index (κ2) is 6.98. The van der Waals surface area contributed by atoms with Crippen molar-refractivity contribution in [3.8, 4) is 0 Å². The van der Waals surface area contributed by atoms with Crippen LogP contribution >= 0.6 is 0 Å². The molecule has 1 aliphatic rings. The highest BCUT2D eigenvalue weighted by atomic mass is 19.1. The van der Waals surface area contributed by atoms with E-state index in [1.165, 1.54) is 12.1 Å². The van der Waals surface area contributed by atoms with Crippen molar-refractivity contribution in [1.82, 2.24) is 14.2 Å². The molecule has 0 aliphatic heterocycles. The molecule has 0 atom stereocenters. The molecule has 1 N–H and O–H groups in total. The standard InChI is InChI=1S/C20H21FN4O2/c1-13-12-14(6-7-16(13)21)22-18(26)8-9-24-10-11-25-19(20(24)27)15-4-2-3-5-17(15)23-25/h6-7,10-12H,2-5,8-9H2,1H3,(H,22,26). The number of aromatic nitrogens is 3. The van der Waals surface area contributed by atoms with Gasteiger partial charge in [-0.1, -0.05) is 0 Å². The molecule has 2 aromatic heterocycles. The summed E-state index contributed by atoms with van der Waals surface area (Å²) in [5.74, 6) is -0.527. The Hall–Kier alpha value is -2.96. The third-order valence-corrected chi connectivity index (χ3v) is 5.05. The number of halogens is 1. The number of aryl methyl sites for hydroxylation is 4. The molecule has 140 valence electrons. The Labute approximate surface area is 155 Å². The lowest BCUT2D eigenvalue weighted by atomic mass is 9.97. The van der Waals surface area contributed by atoms with Gasteiger partial charge in [0.15, 0.2) is 0 Å². The van der Waals surface area contributed by atoms with E-state index in [9.17, 15) is 14.0 Å². The first-order valence-corrected chi connectivity index (χ1v) is 9.18. The van der Waals surface area contributed by atoms with Crippen LogP contribution in [0.4, 0.5) is 10.1 Å². The summed E-state index contributed by atoms with van der Waals surface area (Å²) in [6, 6.07) is 4.44. The summed E-state index contributed by atoms with van der Waals surface area (Å²) in [6.07, 6.45) is 7.57. The normalized spacial score (nSPS) is 13.6. The van der Waals surface area contributed by atoms with Crippen LogP contribution in [0.2, 0.25) is 0 Å². The van der Waals surface area contributed by atoms with Crippen LogP contribution in [-0.2, 0) is 24.2 Å². The van der Waals surface area contributed by atoms with E-state index >= 15 is 0 Å². The van der Waals surface area contributed by atoms with Gasteiger partial charge < -0.3 is 9.88 Å². The minimum atomic E-state index is -0.308. The van der Waals surface area contributed by atoms with Crippen molar-refractivity contribution >= 4 is 17.1 Å². The fraction of sp³-hybridized carbons (Fsp3) is 0.350. The summed E-state index contributed by atoms with van der Waals surface area (Å²) >= 11 is 0. The number of hydrogen-bond acceptors (Lipinski definition) is 3. The van der Waals surface area contributed by atoms with Crippen LogP contribution in [0.25, 0.3) is 5.52 Å². The molecular formula is C20H21FN4O2. The van der Waals surface area contributed by atoms with E-state index in [0.29, 0.717) is 16.8 Å². The topological polar surface area (TPSA) is 68.4 Å². The third kappa shape index (κ3) is 3.37. The first kappa shape index (κ1) is 17.5. The number of rotatable bonds is 4. The third-order valence-electron chi connectivity index (χ3n) is 5.05. The SMILES string of the molecule is Cc1cc(NC(=O)CCn2ccn3nc4c(c3c2=O)CCCC4)ccc1F. The van der Waals surface area contributed by atoms with Crippen LogP contribution in [0.3, 0.4) is 0 Å². The van der Waals surface area contributed by atoms with Crippen LogP contribution in [0, 0.1) is 12.7 Å². The molecule has 0 fully saturated rings. The van der Waals surface area contributed by atoms with Gasteiger partial charge in [0, 0.05) is 36.6 Å². The van der Waals surface area contributed by atoms with Crippen molar-refractivity contribution in [1.29, 1.82) is 0 Å². The maximum atomic E-state index is 13.3. The molecule has 4 rings (SSSR count). The maximum absolute atomic E-state index is 13.3. The first-order chi connectivity index (χ1) is 13.0. The van der Waals surface area contributed by atoms with Crippen LogP contribution in [0.1, 0.15) is 36.1 Å². The van der Waals surface area contributed by atoms with Crippen molar-refractivity contribution in [3.63, 3.8) is 0 Å². The highest BCUT2D eigenvalue weighted by Gasteiger charge is 2.19. The lowest BCUT2D eigenvalue weighted by Gasteiger charge is -2.10. The molecule has 7 heteroatoms. The van der Waals surface area contributed by atoms with Crippen molar-refractivity contribution in [3.05, 3.63) is 63.6 Å². The van der Waals surface area contributed by atoms with Crippen molar-refractivity contribution in [2.75, 3.05) is 5.32 Å². The van der Waals surface area contributed by atoms with E-state index in [1.54, 1.807) is 34.5 Å². The molecule has 0 radical (unpaired) electrons. The second-order valence-electron chi connectivity index (χ2n) is 6.98. The number of benzene rings is 1. The zero-order valence-corrected chi connectivity index (χ0v) is 15.2. The van der Waals surface area contributed by atoms with Gasteiger partial charge in [0.1, 0.15) is 11.3 Å². The molecule has 3 aromatic rings. The minimum absolute atomic E-state index is 0.112. The van der Waals surface area contributed by atoms with E-state index in [-0.39, 0.29) is 30.2 Å². The maximum Gasteiger partial charge on any atom is 0.276 e. The Morgan fingerprint density at radius 3 is 2.89 bits per heavy atom. The average Bonchev–Trinajstić information content (AvgIpc) is 3.03. The summed E-state index contributed by atoms with van der Waals surface area (Å²) < 4.78 is 16.5. The number of nitrogens with one attached hydrogen (secondary N) is 1. The largest absolute Gasteiger partial charge is 0.326 e. The van der Waals surface area contributed by atoms with Gasteiger partial charge in [0.25, 0.3) is 5.56 Å². The molecule has 6 nitrogen and oxygen atoms in total. The number of nitrogens with zero attached hydrogens (tertiary/aromatic N) is 3. The Balaban J connectivity index is 1.50. The Bertz CT molecular complexity index is 1080. The molecule has 1 aromatic carbocycles. The number of hydrogen-bond donors (Lipinski definition) is 1. The van der Waals surface area contributed by atoms with Crippen LogP contribution < -0.4 is 10.9 Å². The highest BCUT2D eigenvalue weighted by Crippen LogP contribution is 2.22. The van der Waals surface area contributed by atoms with E-state index in [4.69, 9.17) is 0 Å². The van der Waals surface area contributed by atoms with Crippen molar-refractivity contribution in [2.45, 2.75) is 45.6 Å². The quantitative estimate of drug-likeness (QED) is 0.770. The van der Waals surface area contributed by atoms with E-state index in [2.05, 4.69) is 10.4 Å². The molecule has 1 amide bonds. The number of fused-ring (bicyclic) bond motifs is 3. The van der Waals surface area contributed by atoms with Crippen molar-refractivity contribution < 1.29 is 9.18 Å². The zero-order chi connectivity index (χ0) is 19.0. The summed E-state index contributed by atoms with van der Waals surface area (Å²) in [7, 11) is 0. The van der Waals surface area contributed by atoms with E-state index < -0.39 is 0 Å². The molecular weight excluding hydrogens is 347 g/mol. The summed E-state index contributed by atoms with van der Waals surface area (Å²) in [5, 5.41) is 7.26. The summed E-state index contributed by atoms with van der Waals surface area (Å²) in [5.41, 5.74) is 3.60. The summed E-state index contributed by atoms with van der Waals surface area (Å²) in [4.78, 5) is 25.0. The minimum Gasteiger partial charge on any atom is -0.326 e. The van der Waals surface area contributed by atoms with Crippen LogP contribution in [-0.4, -0.2) is 20.1 Å². The Kier molecular flexibility index (Phi) is 4.51. The summed E-state index contributed by atoms with van der Waals surface area (Å²) in [6.45, 7) is 1.92. The molecule has 1 aliphatic carbocycles. The number of anilines is 1. The van der Waals surface area contributed by atoms with Crippen LogP contribution in [0.5, 0.6) is 0 Å². The predicted molar refractivity (Wildman–Crippen MR) is 100 cm³/mol. The molecule has 2 heterocycles. The highest BCUT2D eigenvalue weighted by molar-refractivity contribution is 5.90. The van der Waals surface area contributed by atoms with Crippen LogP contribution in [0.15, 0.2) is 35.4 Å². The van der Waals surface area contributed by atoms with Gasteiger partial charge in [-0.3, -0.25) is 9.59 Å². The molecule has 27 heavy (non-hydrogen) atoms. The predicted octanol–water partition coefficient (Wildman–Crippen LogP) is 2.85. The Morgan fingerprint density at radius 1 is 1.26 bits per heavy atom. The second-order valence-corrected chi connectivity index (χ2v) is 6.98. The number of carbonyl (C=O) groups excluding carboxylic acids is 1.